The smallest absolute Gasteiger partial charge is 0.338 e. The van der Waals surface area contributed by atoms with Gasteiger partial charge in [-0.1, -0.05) is 13.3 Å². The van der Waals surface area contributed by atoms with Crippen molar-refractivity contribution in [1.82, 2.24) is 9.78 Å². The van der Waals surface area contributed by atoms with Crippen molar-refractivity contribution in [1.29, 1.82) is 0 Å². The largest absolute Gasteiger partial charge is 0.493 e. The summed E-state index contributed by atoms with van der Waals surface area (Å²) in [5.41, 5.74) is 2.42. The number of benzene rings is 1. The van der Waals surface area contributed by atoms with Gasteiger partial charge in [-0.2, -0.15) is 5.10 Å². The van der Waals surface area contributed by atoms with E-state index in [1.54, 1.807) is 30.8 Å². The lowest BCUT2D eigenvalue weighted by Crippen LogP contribution is -2.21. The van der Waals surface area contributed by atoms with Crippen LogP contribution in [0.2, 0.25) is 0 Å². The average Bonchev–Trinajstić information content (AvgIpc) is 2.92. The molecule has 1 heterocycles. The van der Waals surface area contributed by atoms with Gasteiger partial charge in [0, 0.05) is 7.05 Å². The zero-order valence-corrected chi connectivity index (χ0v) is 17.0. The van der Waals surface area contributed by atoms with Gasteiger partial charge in [-0.25, -0.2) is 4.79 Å². The number of ether oxygens (including phenoxy) is 3. The molecule has 0 aliphatic rings. The molecule has 0 radical (unpaired) electrons. The number of rotatable bonds is 9. The standard InChI is InChI=1S/C20H27N3O5/c1-6-7-10-27-16-9-8-15(11-17(16)26-5)20(25)28-12-18(24)21-19-13(2)22-23(4)14(19)3/h8-9,11H,6-7,10,12H2,1-5H3,(H,21,24). The Morgan fingerprint density at radius 2 is 1.96 bits per heavy atom. The summed E-state index contributed by atoms with van der Waals surface area (Å²) in [6.07, 6.45) is 1.95. The quantitative estimate of drug-likeness (QED) is 0.524. The molecule has 2 aromatic rings. The SMILES string of the molecule is CCCCOc1ccc(C(=O)OCC(=O)Nc2c(C)nn(C)c2C)cc1OC. The first kappa shape index (κ1) is 21.3. The molecule has 2 rings (SSSR count). The molecule has 0 spiro atoms. The second-order valence-electron chi connectivity index (χ2n) is 6.36. The van der Waals surface area contributed by atoms with Crippen molar-refractivity contribution in [3.63, 3.8) is 0 Å². The Hall–Kier alpha value is -3.03. The van der Waals surface area contributed by atoms with E-state index in [1.807, 2.05) is 6.92 Å². The van der Waals surface area contributed by atoms with Crippen molar-refractivity contribution in [2.24, 2.45) is 7.05 Å². The van der Waals surface area contributed by atoms with Crippen LogP contribution in [0.3, 0.4) is 0 Å². The molecule has 152 valence electrons. The highest BCUT2D eigenvalue weighted by Gasteiger charge is 2.16. The van der Waals surface area contributed by atoms with Gasteiger partial charge in [0.15, 0.2) is 18.1 Å². The number of amides is 1. The van der Waals surface area contributed by atoms with Crippen LogP contribution in [-0.4, -0.2) is 42.0 Å². The third kappa shape index (κ3) is 5.25. The van der Waals surface area contributed by atoms with E-state index >= 15 is 0 Å². The van der Waals surface area contributed by atoms with Crippen LogP contribution in [0.1, 0.15) is 41.5 Å². The molecule has 0 atom stereocenters. The minimum atomic E-state index is -0.617. The maximum absolute atomic E-state index is 12.3. The number of aromatic nitrogens is 2. The number of methoxy groups -OCH3 is 1. The minimum Gasteiger partial charge on any atom is -0.493 e. The van der Waals surface area contributed by atoms with E-state index in [9.17, 15) is 9.59 Å². The number of unbranched alkanes of at least 4 members (excludes halogenated alkanes) is 1. The predicted octanol–water partition coefficient (Wildman–Crippen LogP) is 3.02. The number of nitrogens with one attached hydrogen (secondary N) is 1. The lowest BCUT2D eigenvalue weighted by Gasteiger charge is -2.12. The monoisotopic (exact) mass is 389 g/mol. The number of hydrogen-bond donors (Lipinski definition) is 1. The van der Waals surface area contributed by atoms with Gasteiger partial charge in [0.2, 0.25) is 0 Å². The Bertz CT molecular complexity index is 845. The first-order chi connectivity index (χ1) is 13.4. The van der Waals surface area contributed by atoms with Crippen LogP contribution in [0, 0.1) is 13.8 Å². The van der Waals surface area contributed by atoms with E-state index in [0.29, 0.717) is 29.5 Å². The van der Waals surface area contributed by atoms with Crippen LogP contribution >= 0.6 is 0 Å². The van der Waals surface area contributed by atoms with Crippen molar-refractivity contribution < 1.29 is 23.8 Å². The molecule has 1 amide bonds. The summed E-state index contributed by atoms with van der Waals surface area (Å²) < 4.78 is 17.7. The van der Waals surface area contributed by atoms with Gasteiger partial charge in [0.25, 0.3) is 5.91 Å². The molecule has 1 aromatic carbocycles. The number of anilines is 1. The molecule has 0 aliphatic heterocycles. The number of hydrogen-bond acceptors (Lipinski definition) is 6. The first-order valence-electron chi connectivity index (χ1n) is 9.15. The van der Waals surface area contributed by atoms with E-state index < -0.39 is 18.5 Å². The molecule has 0 unspecified atom stereocenters. The Morgan fingerprint density at radius 3 is 2.57 bits per heavy atom. The molecule has 8 nitrogen and oxygen atoms in total. The summed E-state index contributed by atoms with van der Waals surface area (Å²) in [6.45, 7) is 5.89. The molecular formula is C20H27N3O5. The van der Waals surface area contributed by atoms with E-state index in [1.165, 1.54) is 13.2 Å². The fourth-order valence-corrected chi connectivity index (χ4v) is 2.58. The number of carbonyl (C=O) groups excluding carboxylic acids is 2. The second kappa shape index (κ2) is 9.77. The molecule has 0 saturated carbocycles. The lowest BCUT2D eigenvalue weighted by molar-refractivity contribution is -0.119. The van der Waals surface area contributed by atoms with E-state index in [0.717, 1.165) is 18.5 Å². The molecule has 1 aromatic heterocycles. The van der Waals surface area contributed by atoms with Crippen LogP contribution < -0.4 is 14.8 Å². The normalized spacial score (nSPS) is 10.5. The summed E-state index contributed by atoms with van der Waals surface area (Å²) in [4.78, 5) is 24.4. The molecule has 0 fully saturated rings. The predicted molar refractivity (Wildman–Crippen MR) is 105 cm³/mol. The zero-order chi connectivity index (χ0) is 20.7. The molecule has 1 N–H and O–H groups in total. The van der Waals surface area contributed by atoms with Crippen molar-refractivity contribution >= 4 is 17.6 Å². The highest BCUT2D eigenvalue weighted by molar-refractivity contribution is 5.96. The molecule has 28 heavy (non-hydrogen) atoms. The Balaban J connectivity index is 1.95. The van der Waals surface area contributed by atoms with Gasteiger partial charge in [0.1, 0.15) is 0 Å². The third-order valence-electron chi connectivity index (χ3n) is 4.26. The van der Waals surface area contributed by atoms with Crippen molar-refractivity contribution in [2.45, 2.75) is 33.6 Å². The molecular weight excluding hydrogens is 362 g/mol. The van der Waals surface area contributed by atoms with Crippen LogP contribution in [-0.2, 0) is 16.6 Å². The topological polar surface area (TPSA) is 91.7 Å². The molecule has 0 aliphatic carbocycles. The number of nitrogens with zero attached hydrogens (tertiary/aromatic N) is 2. The Morgan fingerprint density at radius 1 is 1.21 bits per heavy atom. The van der Waals surface area contributed by atoms with Crippen molar-refractivity contribution in [2.75, 3.05) is 25.6 Å². The highest BCUT2D eigenvalue weighted by Crippen LogP contribution is 2.28. The first-order valence-corrected chi connectivity index (χ1v) is 9.15. The number of esters is 1. The van der Waals surface area contributed by atoms with Gasteiger partial charge in [-0.15, -0.1) is 0 Å². The molecule has 0 bridgehead atoms. The molecule has 0 saturated heterocycles. The highest BCUT2D eigenvalue weighted by atomic mass is 16.5. The second-order valence-corrected chi connectivity index (χ2v) is 6.36. The Kier molecular flexibility index (Phi) is 7.43. The van der Waals surface area contributed by atoms with Gasteiger partial charge in [0.05, 0.1) is 36.4 Å². The van der Waals surface area contributed by atoms with Crippen LogP contribution in [0.25, 0.3) is 0 Å². The lowest BCUT2D eigenvalue weighted by atomic mass is 10.2. The van der Waals surface area contributed by atoms with Crippen molar-refractivity contribution in [3.05, 3.63) is 35.2 Å². The maximum atomic E-state index is 12.3. The summed E-state index contributed by atoms with van der Waals surface area (Å²) in [5, 5.41) is 6.95. The summed E-state index contributed by atoms with van der Waals surface area (Å²) >= 11 is 0. The van der Waals surface area contributed by atoms with Gasteiger partial charge >= 0.3 is 5.97 Å². The van der Waals surface area contributed by atoms with E-state index in [4.69, 9.17) is 14.2 Å². The van der Waals surface area contributed by atoms with E-state index in [2.05, 4.69) is 17.3 Å². The fraction of sp³-hybridized carbons (Fsp3) is 0.450. The number of aryl methyl sites for hydroxylation is 2. The minimum absolute atomic E-state index is 0.279. The van der Waals surface area contributed by atoms with Crippen LogP contribution in [0.5, 0.6) is 11.5 Å². The van der Waals surface area contributed by atoms with Gasteiger partial charge in [-0.3, -0.25) is 9.48 Å². The maximum Gasteiger partial charge on any atom is 0.338 e. The third-order valence-corrected chi connectivity index (χ3v) is 4.26. The van der Waals surface area contributed by atoms with E-state index in [-0.39, 0.29) is 5.56 Å². The average molecular weight is 389 g/mol. The summed E-state index contributed by atoms with van der Waals surface area (Å²) in [6, 6.07) is 4.78. The summed E-state index contributed by atoms with van der Waals surface area (Å²) in [7, 11) is 3.30. The van der Waals surface area contributed by atoms with Crippen molar-refractivity contribution in [3.8, 4) is 11.5 Å². The zero-order valence-electron chi connectivity index (χ0n) is 17.0. The fourth-order valence-electron chi connectivity index (χ4n) is 2.58. The molecule has 8 heteroatoms. The Labute approximate surface area is 164 Å². The van der Waals surface area contributed by atoms with Crippen LogP contribution in [0.15, 0.2) is 18.2 Å². The number of carbonyl (C=O) groups is 2. The van der Waals surface area contributed by atoms with Gasteiger partial charge in [-0.05, 0) is 38.5 Å². The summed E-state index contributed by atoms with van der Waals surface area (Å²) in [5.74, 6) is -0.0448. The van der Waals surface area contributed by atoms with Crippen LogP contribution in [0.4, 0.5) is 5.69 Å². The van der Waals surface area contributed by atoms with Gasteiger partial charge < -0.3 is 19.5 Å².